The van der Waals surface area contributed by atoms with Gasteiger partial charge in [0.05, 0.1) is 24.5 Å². The van der Waals surface area contributed by atoms with E-state index in [0.29, 0.717) is 0 Å². The minimum atomic E-state index is -4.54. The molecule has 6 nitrogen and oxygen atoms in total. The van der Waals surface area contributed by atoms with E-state index in [2.05, 4.69) is 9.97 Å². The van der Waals surface area contributed by atoms with Crippen molar-refractivity contribution in [2.75, 3.05) is 18.0 Å². The third-order valence-corrected chi connectivity index (χ3v) is 3.35. The number of rotatable bonds is 2. The zero-order valence-electron chi connectivity index (χ0n) is 12.3. The average Bonchev–Trinajstić information content (AvgIpc) is 2.35. The summed E-state index contributed by atoms with van der Waals surface area (Å²) in [6, 6.07) is 0. The van der Waals surface area contributed by atoms with Crippen LogP contribution < -0.4 is 4.90 Å². The molecule has 122 valence electrons. The van der Waals surface area contributed by atoms with Crippen LogP contribution in [0.5, 0.6) is 0 Å². The van der Waals surface area contributed by atoms with Crippen molar-refractivity contribution in [3.05, 3.63) is 18.1 Å². The van der Waals surface area contributed by atoms with E-state index in [0.717, 1.165) is 19.3 Å². The summed E-state index contributed by atoms with van der Waals surface area (Å²) < 4.78 is 45.0. The summed E-state index contributed by atoms with van der Waals surface area (Å²) in [5.41, 5.74) is -3.66. The van der Waals surface area contributed by atoms with Crippen LogP contribution in [-0.4, -0.2) is 51.5 Å². The van der Waals surface area contributed by atoms with Crippen LogP contribution in [-0.2, 0) is 4.74 Å². The highest BCUT2D eigenvalue weighted by atomic mass is 19.4. The highest BCUT2D eigenvalue weighted by Crippen LogP contribution is 2.41. The van der Waals surface area contributed by atoms with Crippen LogP contribution in [0.2, 0.25) is 0 Å². The number of ether oxygens (including phenoxy) is 1. The number of hydrogen-bond donors (Lipinski definition) is 1. The van der Waals surface area contributed by atoms with E-state index in [1.165, 1.54) is 4.90 Å². The molecule has 1 N–H and O–H groups in total. The lowest BCUT2D eigenvalue weighted by Gasteiger charge is -2.49. The maximum absolute atomic E-state index is 13.3. The Kier molecular flexibility index (Phi) is 3.80. The summed E-state index contributed by atoms with van der Waals surface area (Å²) in [5, 5.41) is 8.77. The van der Waals surface area contributed by atoms with Crippen molar-refractivity contribution in [1.29, 1.82) is 0 Å². The number of aromatic nitrogens is 2. The van der Waals surface area contributed by atoms with Crippen molar-refractivity contribution in [2.45, 2.75) is 38.1 Å². The lowest BCUT2D eigenvalue weighted by atomic mass is 9.97. The molecule has 0 spiro atoms. The van der Waals surface area contributed by atoms with Crippen LogP contribution in [0.1, 0.15) is 31.3 Å². The van der Waals surface area contributed by atoms with Gasteiger partial charge in [0.15, 0.2) is 11.3 Å². The van der Waals surface area contributed by atoms with Crippen LogP contribution in [0.3, 0.4) is 0 Å². The fourth-order valence-corrected chi connectivity index (χ4v) is 2.46. The van der Waals surface area contributed by atoms with Gasteiger partial charge in [-0.2, -0.15) is 13.2 Å². The highest BCUT2D eigenvalue weighted by Gasteiger charge is 2.58. The van der Waals surface area contributed by atoms with Gasteiger partial charge >= 0.3 is 12.1 Å². The van der Waals surface area contributed by atoms with Crippen LogP contribution in [0.25, 0.3) is 0 Å². The standard InChI is InChI=1S/C13H16F3N3O3/c1-11(2)6-19(7-12(3,22-11)13(14,15)16)9-5-17-8(4-18-9)10(20)21/h4-5H,6-7H2,1-3H3,(H,20,21). The molecule has 1 saturated heterocycles. The number of hydrogen-bond acceptors (Lipinski definition) is 5. The number of carboxylic acids is 1. The summed E-state index contributed by atoms with van der Waals surface area (Å²) in [4.78, 5) is 19.7. The molecule has 0 saturated carbocycles. The molecule has 1 unspecified atom stereocenters. The zero-order chi connectivity index (χ0) is 16.8. The first-order chi connectivity index (χ1) is 9.94. The molecule has 2 rings (SSSR count). The molecule has 0 radical (unpaired) electrons. The van der Waals surface area contributed by atoms with Crippen LogP contribution in [0.4, 0.5) is 19.0 Å². The van der Waals surface area contributed by atoms with Crippen molar-refractivity contribution >= 4 is 11.8 Å². The molecule has 0 amide bonds. The van der Waals surface area contributed by atoms with Crippen molar-refractivity contribution in [1.82, 2.24) is 9.97 Å². The quantitative estimate of drug-likeness (QED) is 0.900. The van der Waals surface area contributed by atoms with Crippen molar-refractivity contribution in [3.8, 4) is 0 Å². The molecule has 1 fully saturated rings. The molecule has 1 aliphatic heterocycles. The predicted molar refractivity (Wildman–Crippen MR) is 70.8 cm³/mol. The van der Waals surface area contributed by atoms with Crippen molar-refractivity contribution < 1.29 is 27.8 Å². The first kappa shape index (κ1) is 16.5. The Bertz CT molecular complexity index is 574. The second kappa shape index (κ2) is 5.08. The minimum Gasteiger partial charge on any atom is -0.476 e. The van der Waals surface area contributed by atoms with E-state index in [1.807, 2.05) is 0 Å². The van der Waals surface area contributed by atoms with Crippen LogP contribution >= 0.6 is 0 Å². The van der Waals surface area contributed by atoms with Gasteiger partial charge in [-0.05, 0) is 20.8 Å². The lowest BCUT2D eigenvalue weighted by Crippen LogP contribution is -2.64. The average molecular weight is 319 g/mol. The number of nitrogens with zero attached hydrogens (tertiary/aromatic N) is 3. The molecule has 1 aromatic rings. The SMILES string of the molecule is CC1(C)CN(c2cnc(C(=O)O)cn2)CC(C)(C(F)(F)F)O1. The number of carboxylic acid groups (broad SMARTS) is 1. The molecule has 0 aromatic carbocycles. The van der Waals surface area contributed by atoms with E-state index >= 15 is 0 Å². The van der Waals surface area contributed by atoms with Gasteiger partial charge in [0, 0.05) is 6.54 Å². The van der Waals surface area contributed by atoms with E-state index in [9.17, 15) is 18.0 Å². The van der Waals surface area contributed by atoms with Gasteiger partial charge in [-0.1, -0.05) is 0 Å². The molecule has 22 heavy (non-hydrogen) atoms. The minimum absolute atomic E-state index is 0.178. The topological polar surface area (TPSA) is 75.6 Å². The Morgan fingerprint density at radius 1 is 1.27 bits per heavy atom. The third-order valence-electron chi connectivity index (χ3n) is 3.35. The molecule has 0 aliphatic carbocycles. The first-order valence-corrected chi connectivity index (χ1v) is 6.51. The lowest BCUT2D eigenvalue weighted by molar-refractivity contribution is -0.302. The maximum atomic E-state index is 13.3. The number of morpholine rings is 1. The smallest absolute Gasteiger partial charge is 0.418 e. The second-order valence-electron chi connectivity index (χ2n) is 6.01. The Labute approximate surface area is 124 Å². The van der Waals surface area contributed by atoms with Gasteiger partial charge in [-0.15, -0.1) is 0 Å². The number of carbonyl (C=O) groups is 1. The summed E-state index contributed by atoms with van der Waals surface area (Å²) in [5.74, 6) is -1.07. The summed E-state index contributed by atoms with van der Waals surface area (Å²) >= 11 is 0. The largest absolute Gasteiger partial charge is 0.476 e. The zero-order valence-corrected chi connectivity index (χ0v) is 12.3. The van der Waals surface area contributed by atoms with Gasteiger partial charge in [0.2, 0.25) is 0 Å². The monoisotopic (exact) mass is 319 g/mol. The van der Waals surface area contributed by atoms with Gasteiger partial charge in [0.25, 0.3) is 0 Å². The molecular formula is C13H16F3N3O3. The fraction of sp³-hybridized carbons (Fsp3) is 0.615. The van der Waals surface area contributed by atoms with Crippen molar-refractivity contribution in [2.24, 2.45) is 0 Å². The fourth-order valence-electron chi connectivity index (χ4n) is 2.46. The van der Waals surface area contributed by atoms with E-state index in [1.54, 1.807) is 13.8 Å². The number of halogens is 3. The van der Waals surface area contributed by atoms with Crippen LogP contribution in [0, 0.1) is 0 Å². The molecule has 1 aliphatic rings. The number of alkyl halides is 3. The number of aromatic carboxylic acids is 1. The van der Waals surface area contributed by atoms with Gasteiger partial charge in [-0.3, -0.25) is 0 Å². The Morgan fingerprint density at radius 3 is 2.36 bits per heavy atom. The Morgan fingerprint density at radius 2 is 1.91 bits per heavy atom. The third kappa shape index (κ3) is 3.13. The van der Waals surface area contributed by atoms with Gasteiger partial charge < -0.3 is 14.7 Å². The molecular weight excluding hydrogens is 303 g/mol. The molecule has 1 atom stereocenters. The predicted octanol–water partition coefficient (Wildman–Crippen LogP) is 2.11. The Balaban J connectivity index is 2.32. The molecule has 1 aromatic heterocycles. The molecule has 2 heterocycles. The van der Waals surface area contributed by atoms with Crippen LogP contribution in [0.15, 0.2) is 12.4 Å². The summed E-state index contributed by atoms with van der Waals surface area (Å²) in [6.45, 7) is 3.84. The number of anilines is 1. The second-order valence-corrected chi connectivity index (χ2v) is 6.01. The normalized spacial score (nSPS) is 25.1. The van der Waals surface area contributed by atoms with Crippen molar-refractivity contribution in [3.63, 3.8) is 0 Å². The van der Waals surface area contributed by atoms with E-state index < -0.39 is 29.9 Å². The molecule has 0 bridgehead atoms. The Hall–Kier alpha value is -1.90. The molecule has 9 heteroatoms. The van der Waals surface area contributed by atoms with Gasteiger partial charge in [0.1, 0.15) is 5.82 Å². The summed E-state index contributed by atoms with van der Waals surface area (Å²) in [7, 11) is 0. The van der Waals surface area contributed by atoms with Gasteiger partial charge in [-0.25, -0.2) is 14.8 Å². The van der Waals surface area contributed by atoms with E-state index in [4.69, 9.17) is 9.84 Å². The first-order valence-electron chi connectivity index (χ1n) is 6.51. The maximum Gasteiger partial charge on any atom is 0.418 e. The summed E-state index contributed by atoms with van der Waals surface area (Å²) in [6.07, 6.45) is -2.37. The van der Waals surface area contributed by atoms with E-state index in [-0.39, 0.29) is 18.1 Å². The highest BCUT2D eigenvalue weighted by molar-refractivity contribution is 5.84.